The highest BCUT2D eigenvalue weighted by molar-refractivity contribution is 5.79. The number of carbonyl (C=O) groups excluding carboxylic acids is 2. The van der Waals surface area contributed by atoms with E-state index in [1.54, 1.807) is 0 Å². The summed E-state index contributed by atoms with van der Waals surface area (Å²) in [6.45, 7) is 11.1. The number of rotatable bonds is 6. The number of nitrogens with one attached hydrogen (secondary N) is 1. The first-order valence-electron chi connectivity index (χ1n) is 8.41. The largest absolute Gasteiger partial charge is 0.353 e. The third-order valence-electron chi connectivity index (χ3n) is 4.50. The lowest BCUT2D eigenvalue weighted by Gasteiger charge is -2.35. The van der Waals surface area contributed by atoms with Crippen molar-refractivity contribution in [1.29, 1.82) is 0 Å². The molecule has 1 aliphatic rings. The topological polar surface area (TPSA) is 52.7 Å². The molecule has 1 heterocycles. The normalized spacial score (nSPS) is 16.1. The lowest BCUT2D eigenvalue weighted by molar-refractivity contribution is -0.126. The lowest BCUT2D eigenvalue weighted by atomic mass is 10.00. The Labute approximate surface area is 129 Å². The minimum atomic E-state index is 0.125. The Hall–Kier alpha value is -1.26. The Kier molecular flexibility index (Phi) is 7.54. The van der Waals surface area contributed by atoms with Crippen molar-refractivity contribution in [3.8, 4) is 0 Å². The van der Waals surface area contributed by atoms with Crippen LogP contribution < -0.4 is 5.32 Å². The van der Waals surface area contributed by atoms with E-state index in [2.05, 4.69) is 19.2 Å². The zero-order valence-electron chi connectivity index (χ0n) is 14.0. The van der Waals surface area contributed by atoms with E-state index in [-0.39, 0.29) is 23.9 Å². The van der Waals surface area contributed by atoms with Gasteiger partial charge in [0.1, 0.15) is 0 Å². The summed E-state index contributed by atoms with van der Waals surface area (Å²) >= 11 is 0. The number of nitrogens with zero attached hydrogens (tertiary/aromatic N) is 2. The van der Waals surface area contributed by atoms with Gasteiger partial charge in [-0.15, -0.1) is 0 Å². The van der Waals surface area contributed by atoms with Crippen LogP contribution in [0.15, 0.2) is 0 Å². The van der Waals surface area contributed by atoms with Gasteiger partial charge in [0, 0.05) is 38.1 Å². The Morgan fingerprint density at radius 2 is 1.62 bits per heavy atom. The molecule has 5 nitrogen and oxygen atoms in total. The van der Waals surface area contributed by atoms with Gasteiger partial charge in [0.25, 0.3) is 0 Å². The van der Waals surface area contributed by atoms with Crippen molar-refractivity contribution < 1.29 is 9.59 Å². The van der Waals surface area contributed by atoms with Gasteiger partial charge in [0.15, 0.2) is 0 Å². The maximum absolute atomic E-state index is 12.3. The molecule has 0 atom stereocenters. The maximum Gasteiger partial charge on any atom is 0.319 e. The molecule has 1 rings (SSSR count). The van der Waals surface area contributed by atoms with Crippen molar-refractivity contribution in [2.45, 2.75) is 59.4 Å². The zero-order chi connectivity index (χ0) is 15.8. The van der Waals surface area contributed by atoms with Crippen LogP contribution in [0.25, 0.3) is 0 Å². The van der Waals surface area contributed by atoms with Gasteiger partial charge in [0.05, 0.1) is 0 Å². The molecule has 21 heavy (non-hydrogen) atoms. The highest BCUT2D eigenvalue weighted by Crippen LogP contribution is 2.14. The Bertz CT molecular complexity index is 330. The van der Waals surface area contributed by atoms with Crippen LogP contribution in [0, 0.1) is 5.92 Å². The molecule has 0 radical (unpaired) electrons. The van der Waals surface area contributed by atoms with Gasteiger partial charge in [-0.1, -0.05) is 13.8 Å². The number of amides is 3. The molecule has 0 bridgehead atoms. The molecule has 0 aliphatic carbocycles. The molecule has 122 valence electrons. The second-order valence-corrected chi connectivity index (χ2v) is 5.74. The molecule has 0 saturated carbocycles. The van der Waals surface area contributed by atoms with Gasteiger partial charge in [-0.3, -0.25) is 4.79 Å². The van der Waals surface area contributed by atoms with Crippen molar-refractivity contribution in [2.75, 3.05) is 26.2 Å². The Morgan fingerprint density at radius 1 is 1.10 bits per heavy atom. The molecule has 1 fully saturated rings. The zero-order valence-corrected chi connectivity index (χ0v) is 14.0. The van der Waals surface area contributed by atoms with E-state index < -0.39 is 0 Å². The van der Waals surface area contributed by atoms with E-state index in [0.717, 1.165) is 51.9 Å². The van der Waals surface area contributed by atoms with Crippen molar-refractivity contribution in [1.82, 2.24) is 15.1 Å². The van der Waals surface area contributed by atoms with Gasteiger partial charge >= 0.3 is 6.03 Å². The molecule has 3 amide bonds. The third-order valence-corrected chi connectivity index (χ3v) is 4.50. The lowest BCUT2D eigenvalue weighted by Crippen LogP contribution is -2.51. The van der Waals surface area contributed by atoms with Crippen molar-refractivity contribution in [2.24, 2.45) is 5.92 Å². The van der Waals surface area contributed by atoms with E-state index in [1.807, 2.05) is 23.6 Å². The molecule has 0 aromatic carbocycles. The molecule has 0 unspecified atom stereocenters. The highest BCUT2D eigenvalue weighted by atomic mass is 16.2. The monoisotopic (exact) mass is 297 g/mol. The second kappa shape index (κ2) is 8.90. The van der Waals surface area contributed by atoms with E-state index in [9.17, 15) is 9.59 Å². The van der Waals surface area contributed by atoms with Crippen LogP contribution in [-0.2, 0) is 4.79 Å². The predicted octanol–water partition coefficient (Wildman–Crippen LogP) is 2.47. The molecule has 0 aromatic rings. The quantitative estimate of drug-likeness (QED) is 0.819. The smallest absolute Gasteiger partial charge is 0.319 e. The average molecular weight is 297 g/mol. The van der Waals surface area contributed by atoms with E-state index >= 15 is 0 Å². The van der Waals surface area contributed by atoms with E-state index in [0.29, 0.717) is 0 Å². The number of urea groups is 1. The Morgan fingerprint density at radius 3 is 2.05 bits per heavy atom. The Balaban J connectivity index is 2.42. The number of carbonyl (C=O) groups is 2. The highest BCUT2D eigenvalue weighted by Gasteiger charge is 2.27. The number of likely N-dealkylation sites (tertiary alicyclic amines) is 1. The predicted molar refractivity (Wildman–Crippen MR) is 85.1 cm³/mol. The van der Waals surface area contributed by atoms with Crippen LogP contribution in [0.2, 0.25) is 0 Å². The summed E-state index contributed by atoms with van der Waals surface area (Å²) in [4.78, 5) is 28.1. The van der Waals surface area contributed by atoms with Gasteiger partial charge in [-0.05, 0) is 39.5 Å². The minimum Gasteiger partial charge on any atom is -0.353 e. The van der Waals surface area contributed by atoms with Crippen LogP contribution in [0.5, 0.6) is 0 Å². The molecule has 0 aromatic heterocycles. The first-order valence-corrected chi connectivity index (χ1v) is 8.41. The molecule has 5 heteroatoms. The fraction of sp³-hybridized carbons (Fsp3) is 0.875. The van der Waals surface area contributed by atoms with Crippen LogP contribution in [0.1, 0.15) is 53.4 Å². The molecule has 1 aliphatic heterocycles. The fourth-order valence-electron chi connectivity index (χ4n) is 2.89. The van der Waals surface area contributed by atoms with Gasteiger partial charge < -0.3 is 15.1 Å². The number of piperidine rings is 1. The fourth-order valence-corrected chi connectivity index (χ4v) is 2.89. The summed E-state index contributed by atoms with van der Waals surface area (Å²) in [5.74, 6) is 0.300. The molecule has 1 N–H and O–H groups in total. The SMILES string of the molecule is CCC(CC)C(=O)NC1CCN(C(=O)N(CC)CC)CC1. The first-order chi connectivity index (χ1) is 10.1. The second-order valence-electron chi connectivity index (χ2n) is 5.74. The molecular formula is C16H31N3O2. The van der Waals surface area contributed by atoms with Gasteiger partial charge in [-0.25, -0.2) is 4.79 Å². The first kappa shape index (κ1) is 17.8. The summed E-state index contributed by atoms with van der Waals surface area (Å²) in [6, 6.07) is 0.351. The van der Waals surface area contributed by atoms with E-state index in [1.165, 1.54) is 0 Å². The maximum atomic E-state index is 12.3. The minimum absolute atomic E-state index is 0.125. The summed E-state index contributed by atoms with van der Waals surface area (Å²) in [6.07, 6.45) is 3.50. The van der Waals surface area contributed by atoms with Crippen LogP contribution in [-0.4, -0.2) is 54.0 Å². The molecular weight excluding hydrogens is 266 g/mol. The van der Waals surface area contributed by atoms with Gasteiger partial charge in [0.2, 0.25) is 5.91 Å². The van der Waals surface area contributed by atoms with Crippen molar-refractivity contribution in [3.63, 3.8) is 0 Å². The van der Waals surface area contributed by atoms with Crippen LogP contribution >= 0.6 is 0 Å². The van der Waals surface area contributed by atoms with E-state index in [4.69, 9.17) is 0 Å². The van der Waals surface area contributed by atoms with Gasteiger partial charge in [-0.2, -0.15) is 0 Å². The molecule has 1 saturated heterocycles. The number of hydrogen-bond acceptors (Lipinski definition) is 2. The average Bonchev–Trinajstić information content (AvgIpc) is 2.50. The standard InChI is InChI=1S/C16H31N3O2/c1-5-13(6-2)15(20)17-14-9-11-19(12-10-14)16(21)18(7-3)8-4/h13-14H,5-12H2,1-4H3,(H,17,20). The van der Waals surface area contributed by atoms with Crippen LogP contribution in [0.3, 0.4) is 0 Å². The summed E-state index contributed by atoms with van der Waals surface area (Å²) < 4.78 is 0. The summed E-state index contributed by atoms with van der Waals surface area (Å²) in [5, 5.41) is 3.15. The molecule has 0 spiro atoms. The number of hydrogen-bond donors (Lipinski definition) is 1. The summed E-state index contributed by atoms with van der Waals surface area (Å²) in [7, 11) is 0. The summed E-state index contributed by atoms with van der Waals surface area (Å²) in [5.41, 5.74) is 0. The van der Waals surface area contributed by atoms with Crippen molar-refractivity contribution in [3.05, 3.63) is 0 Å². The third kappa shape index (κ3) is 4.90. The van der Waals surface area contributed by atoms with Crippen molar-refractivity contribution >= 4 is 11.9 Å². The van der Waals surface area contributed by atoms with Crippen LogP contribution in [0.4, 0.5) is 4.79 Å².